The molecule has 23 heavy (non-hydrogen) atoms. The molecular formula is C17H20N6. The molecule has 6 heteroatoms. The molecule has 0 unspecified atom stereocenters. The molecule has 1 fully saturated rings. The van der Waals surface area contributed by atoms with Gasteiger partial charge in [-0.25, -0.2) is 0 Å². The lowest BCUT2D eigenvalue weighted by Gasteiger charge is -2.16. The maximum atomic E-state index is 4.77. The Balaban J connectivity index is 1.68. The molecule has 0 spiro atoms. The summed E-state index contributed by atoms with van der Waals surface area (Å²) in [5, 5.41) is 4.45. The van der Waals surface area contributed by atoms with Crippen LogP contribution in [0.4, 0.5) is 11.8 Å². The maximum absolute atomic E-state index is 4.77. The highest BCUT2D eigenvalue weighted by Gasteiger charge is 2.18. The number of anilines is 2. The first kappa shape index (κ1) is 14.0. The molecule has 2 N–H and O–H groups in total. The van der Waals surface area contributed by atoms with Gasteiger partial charge in [-0.1, -0.05) is 6.07 Å². The number of aromatic nitrogens is 4. The van der Waals surface area contributed by atoms with Crippen molar-refractivity contribution in [1.29, 1.82) is 0 Å². The van der Waals surface area contributed by atoms with Gasteiger partial charge in [-0.05, 0) is 38.0 Å². The van der Waals surface area contributed by atoms with E-state index in [-0.39, 0.29) is 0 Å². The molecule has 0 saturated carbocycles. The van der Waals surface area contributed by atoms with Gasteiger partial charge < -0.3 is 15.2 Å². The van der Waals surface area contributed by atoms with Crippen LogP contribution < -0.4 is 10.2 Å². The minimum Gasteiger partial charge on any atom is -0.364 e. The topological polar surface area (TPSA) is 69.7 Å². The number of fused-ring (bicyclic) bond motifs is 1. The molecule has 3 aromatic rings. The lowest BCUT2D eigenvalue weighted by Crippen LogP contribution is -2.21. The van der Waals surface area contributed by atoms with Crippen molar-refractivity contribution in [1.82, 2.24) is 19.9 Å². The molecule has 1 aliphatic heterocycles. The Bertz CT molecular complexity index is 805. The van der Waals surface area contributed by atoms with Gasteiger partial charge in [-0.3, -0.25) is 4.98 Å². The minimum absolute atomic E-state index is 0.649. The van der Waals surface area contributed by atoms with E-state index < -0.39 is 0 Å². The van der Waals surface area contributed by atoms with E-state index in [0.717, 1.165) is 47.3 Å². The van der Waals surface area contributed by atoms with Crippen molar-refractivity contribution in [3.05, 3.63) is 41.9 Å². The van der Waals surface area contributed by atoms with Gasteiger partial charge in [0, 0.05) is 25.0 Å². The number of aryl methyl sites for hydroxylation is 1. The number of nitrogens with zero attached hydrogens (tertiary/aromatic N) is 4. The first-order chi connectivity index (χ1) is 11.3. The minimum atomic E-state index is 0.649. The molecule has 4 rings (SSSR count). The average Bonchev–Trinajstić information content (AvgIpc) is 3.21. The molecule has 1 aliphatic rings. The molecule has 4 heterocycles. The van der Waals surface area contributed by atoms with Crippen LogP contribution in [-0.4, -0.2) is 33.0 Å². The molecule has 3 aromatic heterocycles. The lowest BCUT2D eigenvalue weighted by atomic mass is 10.3. The van der Waals surface area contributed by atoms with Crippen LogP contribution >= 0.6 is 0 Å². The van der Waals surface area contributed by atoms with Gasteiger partial charge in [-0.2, -0.15) is 9.97 Å². The molecule has 0 aromatic carbocycles. The second-order valence-electron chi connectivity index (χ2n) is 5.96. The quantitative estimate of drug-likeness (QED) is 0.775. The van der Waals surface area contributed by atoms with Crippen LogP contribution in [0.1, 0.15) is 24.2 Å². The number of H-pyrrole nitrogens is 1. The highest BCUT2D eigenvalue weighted by molar-refractivity contribution is 5.89. The number of aromatic amines is 1. The normalized spacial score (nSPS) is 14.6. The SMILES string of the molecule is Cc1cc2c(NCc3ccccn3)nc(N3CCCC3)nc2[nH]1. The molecule has 118 valence electrons. The van der Waals surface area contributed by atoms with Crippen LogP contribution in [0.25, 0.3) is 11.0 Å². The van der Waals surface area contributed by atoms with Gasteiger partial charge in [0.15, 0.2) is 0 Å². The van der Waals surface area contributed by atoms with Crippen LogP contribution in [0.5, 0.6) is 0 Å². The summed E-state index contributed by atoms with van der Waals surface area (Å²) < 4.78 is 0. The van der Waals surface area contributed by atoms with Gasteiger partial charge >= 0.3 is 0 Å². The lowest BCUT2D eigenvalue weighted by molar-refractivity contribution is 0.902. The summed E-state index contributed by atoms with van der Waals surface area (Å²) >= 11 is 0. The monoisotopic (exact) mass is 308 g/mol. The molecule has 0 amide bonds. The Hall–Kier alpha value is -2.63. The summed E-state index contributed by atoms with van der Waals surface area (Å²) in [4.78, 5) is 19.4. The molecule has 6 nitrogen and oxygen atoms in total. The third-order valence-electron chi connectivity index (χ3n) is 4.16. The van der Waals surface area contributed by atoms with E-state index in [2.05, 4.69) is 26.3 Å². The van der Waals surface area contributed by atoms with E-state index in [1.54, 1.807) is 0 Å². The Morgan fingerprint density at radius 3 is 2.87 bits per heavy atom. The maximum Gasteiger partial charge on any atom is 0.229 e. The van der Waals surface area contributed by atoms with Crippen molar-refractivity contribution in [2.24, 2.45) is 0 Å². The highest BCUT2D eigenvalue weighted by atomic mass is 15.3. The largest absolute Gasteiger partial charge is 0.364 e. The van der Waals surface area contributed by atoms with Gasteiger partial charge in [0.2, 0.25) is 5.95 Å². The average molecular weight is 308 g/mol. The van der Waals surface area contributed by atoms with Crippen molar-refractivity contribution in [3.63, 3.8) is 0 Å². The van der Waals surface area contributed by atoms with Crippen molar-refractivity contribution in [2.75, 3.05) is 23.3 Å². The molecule has 0 radical (unpaired) electrons. The Labute approximate surface area is 135 Å². The number of nitrogens with one attached hydrogen (secondary N) is 2. The molecule has 0 atom stereocenters. The summed E-state index contributed by atoms with van der Waals surface area (Å²) in [6.45, 7) is 4.76. The van der Waals surface area contributed by atoms with Gasteiger partial charge in [-0.15, -0.1) is 0 Å². The predicted octanol–water partition coefficient (Wildman–Crippen LogP) is 2.87. The van der Waals surface area contributed by atoms with E-state index in [0.29, 0.717) is 6.54 Å². The van der Waals surface area contributed by atoms with Gasteiger partial charge in [0.25, 0.3) is 0 Å². The smallest absolute Gasteiger partial charge is 0.229 e. The van der Waals surface area contributed by atoms with Crippen LogP contribution in [-0.2, 0) is 6.54 Å². The fourth-order valence-electron chi connectivity index (χ4n) is 3.00. The summed E-state index contributed by atoms with van der Waals surface area (Å²) in [7, 11) is 0. The number of rotatable bonds is 4. The summed E-state index contributed by atoms with van der Waals surface area (Å²) in [6.07, 6.45) is 4.23. The summed E-state index contributed by atoms with van der Waals surface area (Å²) in [5.74, 6) is 1.67. The zero-order chi connectivity index (χ0) is 15.6. The third-order valence-corrected chi connectivity index (χ3v) is 4.16. The first-order valence-corrected chi connectivity index (χ1v) is 8.06. The number of hydrogen-bond donors (Lipinski definition) is 2. The van der Waals surface area contributed by atoms with Gasteiger partial charge in [0.1, 0.15) is 11.5 Å². The zero-order valence-corrected chi connectivity index (χ0v) is 13.2. The van der Waals surface area contributed by atoms with Crippen molar-refractivity contribution < 1.29 is 0 Å². The van der Waals surface area contributed by atoms with Crippen LogP contribution in [0.15, 0.2) is 30.5 Å². The van der Waals surface area contributed by atoms with E-state index in [1.165, 1.54) is 12.8 Å². The highest BCUT2D eigenvalue weighted by Crippen LogP contribution is 2.26. The van der Waals surface area contributed by atoms with Crippen LogP contribution in [0, 0.1) is 6.92 Å². The van der Waals surface area contributed by atoms with Crippen LogP contribution in [0.3, 0.4) is 0 Å². The molecule has 1 saturated heterocycles. The second-order valence-corrected chi connectivity index (χ2v) is 5.96. The molecule has 0 bridgehead atoms. The number of pyridine rings is 1. The Kier molecular flexibility index (Phi) is 3.57. The van der Waals surface area contributed by atoms with E-state index >= 15 is 0 Å². The molecular weight excluding hydrogens is 288 g/mol. The predicted molar refractivity (Wildman–Crippen MR) is 91.6 cm³/mol. The first-order valence-electron chi connectivity index (χ1n) is 8.06. The fraction of sp³-hybridized carbons (Fsp3) is 0.353. The Morgan fingerprint density at radius 1 is 1.22 bits per heavy atom. The van der Waals surface area contributed by atoms with E-state index in [1.807, 2.05) is 31.3 Å². The summed E-state index contributed by atoms with van der Waals surface area (Å²) in [5.41, 5.74) is 2.98. The van der Waals surface area contributed by atoms with E-state index in [9.17, 15) is 0 Å². The van der Waals surface area contributed by atoms with Crippen molar-refractivity contribution in [3.8, 4) is 0 Å². The van der Waals surface area contributed by atoms with Crippen molar-refractivity contribution >= 4 is 22.8 Å². The molecule has 0 aliphatic carbocycles. The zero-order valence-electron chi connectivity index (χ0n) is 13.2. The van der Waals surface area contributed by atoms with Crippen molar-refractivity contribution in [2.45, 2.75) is 26.3 Å². The van der Waals surface area contributed by atoms with Crippen LogP contribution in [0.2, 0.25) is 0 Å². The van der Waals surface area contributed by atoms with E-state index in [4.69, 9.17) is 9.97 Å². The fourth-order valence-corrected chi connectivity index (χ4v) is 3.00. The number of hydrogen-bond acceptors (Lipinski definition) is 5. The third kappa shape index (κ3) is 2.84. The standard InChI is InChI=1S/C17H20N6/c1-12-10-14-15(19-11-13-6-2-3-7-18-13)21-17(22-16(14)20-12)23-8-4-5-9-23/h2-3,6-7,10H,4-5,8-9,11H2,1H3,(H2,19,20,21,22). The summed E-state index contributed by atoms with van der Waals surface area (Å²) in [6, 6.07) is 8.02. The second kappa shape index (κ2) is 5.87. The van der Waals surface area contributed by atoms with Gasteiger partial charge in [0.05, 0.1) is 17.6 Å². The Morgan fingerprint density at radius 2 is 2.09 bits per heavy atom.